The second-order valence-corrected chi connectivity index (χ2v) is 9.14. The van der Waals surface area contributed by atoms with Crippen molar-refractivity contribution < 1.29 is 27.2 Å². The van der Waals surface area contributed by atoms with E-state index in [2.05, 4.69) is 15.3 Å². The predicted molar refractivity (Wildman–Crippen MR) is 126 cm³/mol. The van der Waals surface area contributed by atoms with E-state index in [1.807, 2.05) is 0 Å². The van der Waals surface area contributed by atoms with Crippen LogP contribution in [0.25, 0.3) is 22.5 Å². The van der Waals surface area contributed by atoms with Crippen LogP contribution in [-0.4, -0.2) is 40.5 Å². The molecule has 0 saturated heterocycles. The number of aromatic amines is 1. The van der Waals surface area contributed by atoms with Gasteiger partial charge >= 0.3 is 12.1 Å². The van der Waals surface area contributed by atoms with Gasteiger partial charge in [-0.3, -0.25) is 14.6 Å². The van der Waals surface area contributed by atoms with Gasteiger partial charge in [-0.15, -0.1) is 0 Å². The molecule has 1 aliphatic carbocycles. The molecule has 0 unspecified atom stereocenters. The Kier molecular flexibility index (Phi) is 6.27. The Balaban J connectivity index is 1.47. The maximum Gasteiger partial charge on any atom is 0.471 e. The molecular formula is C26H24F4N4O2. The van der Waals surface area contributed by atoms with Crippen molar-refractivity contribution in [2.75, 3.05) is 11.4 Å². The van der Waals surface area contributed by atoms with E-state index in [1.165, 1.54) is 18.3 Å². The molecule has 3 aromatic rings. The van der Waals surface area contributed by atoms with E-state index >= 15 is 4.39 Å². The lowest BCUT2D eigenvalue weighted by molar-refractivity contribution is -0.171. The van der Waals surface area contributed by atoms with Gasteiger partial charge in [0.2, 0.25) is 0 Å². The molecule has 1 aliphatic heterocycles. The molecule has 0 spiro atoms. The standard InChI is InChI=1S/C26H24F4N4O2/c27-20-13-17(34(25(36)26(28,29)30)16-4-2-1-3-5-16)6-7-18(20)23-12-15(8-10-31-23)22-14-19-21(33-22)9-11-32-24(19)35/h6-8,10,12-14,16,33H,1-5,9,11H2,(H,32,35). The number of rotatable bonds is 4. The van der Waals surface area contributed by atoms with Crippen molar-refractivity contribution >= 4 is 17.5 Å². The van der Waals surface area contributed by atoms with E-state index in [4.69, 9.17) is 0 Å². The average molecular weight is 500 g/mol. The fourth-order valence-electron chi connectivity index (χ4n) is 5.03. The largest absolute Gasteiger partial charge is 0.471 e. The molecule has 1 saturated carbocycles. The van der Waals surface area contributed by atoms with Gasteiger partial charge in [-0.1, -0.05) is 19.3 Å². The normalized spacial score (nSPS) is 16.4. The van der Waals surface area contributed by atoms with Crippen LogP contribution in [0.2, 0.25) is 0 Å². The summed E-state index contributed by atoms with van der Waals surface area (Å²) >= 11 is 0. The van der Waals surface area contributed by atoms with Crippen molar-refractivity contribution in [3.05, 3.63) is 59.7 Å². The summed E-state index contributed by atoms with van der Waals surface area (Å²) in [5.74, 6) is -2.93. The number of nitrogens with zero attached hydrogens (tertiary/aromatic N) is 2. The third-order valence-electron chi connectivity index (χ3n) is 6.78. The fourth-order valence-corrected chi connectivity index (χ4v) is 5.03. The highest BCUT2D eigenvalue weighted by atomic mass is 19.4. The van der Waals surface area contributed by atoms with E-state index in [9.17, 15) is 22.8 Å². The monoisotopic (exact) mass is 500 g/mol. The number of benzene rings is 1. The molecule has 36 heavy (non-hydrogen) atoms. The minimum Gasteiger partial charge on any atom is -0.358 e. The highest BCUT2D eigenvalue weighted by molar-refractivity contribution is 5.98. The maximum absolute atomic E-state index is 15.3. The number of hydrogen-bond acceptors (Lipinski definition) is 3. The average Bonchev–Trinajstić information content (AvgIpc) is 3.30. The molecule has 2 N–H and O–H groups in total. The van der Waals surface area contributed by atoms with Crippen LogP contribution in [-0.2, 0) is 11.2 Å². The smallest absolute Gasteiger partial charge is 0.358 e. The summed E-state index contributed by atoms with van der Waals surface area (Å²) in [6.07, 6.45) is 0.312. The molecule has 2 aliphatic rings. The maximum atomic E-state index is 15.3. The van der Waals surface area contributed by atoms with Crippen LogP contribution in [0.15, 0.2) is 42.6 Å². The van der Waals surface area contributed by atoms with Crippen LogP contribution >= 0.6 is 0 Å². The predicted octanol–water partition coefficient (Wildman–Crippen LogP) is 5.40. The van der Waals surface area contributed by atoms with Crippen molar-refractivity contribution in [3.8, 4) is 22.5 Å². The Hall–Kier alpha value is -3.69. The van der Waals surface area contributed by atoms with Crippen molar-refractivity contribution in [3.63, 3.8) is 0 Å². The molecule has 0 atom stereocenters. The molecule has 5 rings (SSSR count). The van der Waals surface area contributed by atoms with Gasteiger partial charge in [-0.2, -0.15) is 13.2 Å². The van der Waals surface area contributed by atoms with Gasteiger partial charge in [-0.05, 0) is 49.2 Å². The van der Waals surface area contributed by atoms with Gasteiger partial charge < -0.3 is 15.2 Å². The van der Waals surface area contributed by atoms with Crippen molar-refractivity contribution in [1.82, 2.24) is 15.3 Å². The van der Waals surface area contributed by atoms with Crippen LogP contribution < -0.4 is 10.2 Å². The Morgan fingerprint density at radius 1 is 1.03 bits per heavy atom. The van der Waals surface area contributed by atoms with Gasteiger partial charge in [0.15, 0.2) is 0 Å². The number of carbonyl (C=O) groups excluding carboxylic acids is 2. The third-order valence-corrected chi connectivity index (χ3v) is 6.78. The van der Waals surface area contributed by atoms with E-state index in [0.717, 1.165) is 18.2 Å². The molecule has 1 aromatic carbocycles. The van der Waals surface area contributed by atoms with Crippen LogP contribution in [0.1, 0.15) is 48.2 Å². The summed E-state index contributed by atoms with van der Waals surface area (Å²) in [5.41, 5.74) is 2.99. The quantitative estimate of drug-likeness (QED) is 0.471. The Bertz CT molecular complexity index is 1310. The van der Waals surface area contributed by atoms with Crippen molar-refractivity contribution in [2.24, 2.45) is 0 Å². The number of anilines is 1. The van der Waals surface area contributed by atoms with Crippen LogP contribution in [0.4, 0.5) is 23.2 Å². The summed E-state index contributed by atoms with van der Waals surface area (Å²) in [6.45, 7) is 0.541. The molecule has 3 heterocycles. The lowest BCUT2D eigenvalue weighted by Gasteiger charge is -2.35. The fraction of sp³-hybridized carbons (Fsp3) is 0.346. The number of pyridine rings is 1. The first kappa shape index (κ1) is 24.0. The van der Waals surface area contributed by atoms with Gasteiger partial charge in [0.1, 0.15) is 5.82 Å². The number of aromatic nitrogens is 2. The van der Waals surface area contributed by atoms with Gasteiger partial charge in [-0.25, -0.2) is 4.39 Å². The topological polar surface area (TPSA) is 78.1 Å². The minimum atomic E-state index is -5.06. The number of H-pyrrole nitrogens is 1. The zero-order chi connectivity index (χ0) is 25.4. The summed E-state index contributed by atoms with van der Waals surface area (Å²) in [6, 6.07) is 8.12. The Labute approximate surface area is 204 Å². The molecule has 0 radical (unpaired) electrons. The second-order valence-electron chi connectivity index (χ2n) is 9.14. The first-order chi connectivity index (χ1) is 17.2. The Morgan fingerprint density at radius 2 is 1.81 bits per heavy atom. The molecule has 6 nitrogen and oxygen atoms in total. The molecule has 0 bridgehead atoms. The lowest BCUT2D eigenvalue weighted by atomic mass is 9.93. The van der Waals surface area contributed by atoms with E-state index < -0.39 is 23.9 Å². The van der Waals surface area contributed by atoms with Gasteiger partial charge in [0.25, 0.3) is 5.91 Å². The molecule has 2 aromatic heterocycles. The number of hydrogen-bond donors (Lipinski definition) is 2. The third kappa shape index (κ3) is 4.59. The SMILES string of the molecule is O=C1NCCc2[nH]c(-c3ccnc(-c4ccc(N(C(=O)C(F)(F)F)C5CCCCC5)cc4F)c3)cc21. The number of fused-ring (bicyclic) bond motifs is 1. The van der Waals surface area contributed by atoms with Crippen molar-refractivity contribution in [2.45, 2.75) is 50.7 Å². The Morgan fingerprint density at radius 3 is 2.50 bits per heavy atom. The first-order valence-corrected chi connectivity index (χ1v) is 11.9. The summed E-state index contributed by atoms with van der Waals surface area (Å²) in [4.78, 5) is 32.5. The zero-order valence-corrected chi connectivity index (χ0v) is 19.3. The molecule has 2 amide bonds. The number of carbonyl (C=O) groups is 2. The minimum absolute atomic E-state index is 0.0951. The summed E-state index contributed by atoms with van der Waals surface area (Å²) < 4.78 is 55.4. The van der Waals surface area contributed by atoms with Crippen LogP contribution in [0, 0.1) is 5.82 Å². The van der Waals surface area contributed by atoms with E-state index in [1.54, 1.807) is 18.2 Å². The second kappa shape index (κ2) is 9.40. The number of nitrogens with one attached hydrogen (secondary N) is 2. The molecular weight excluding hydrogens is 476 g/mol. The van der Waals surface area contributed by atoms with Crippen molar-refractivity contribution in [1.29, 1.82) is 0 Å². The molecule has 1 fully saturated rings. The molecule has 10 heteroatoms. The number of halogens is 4. The lowest BCUT2D eigenvalue weighted by Crippen LogP contribution is -2.48. The first-order valence-electron chi connectivity index (χ1n) is 11.9. The van der Waals surface area contributed by atoms with Crippen LogP contribution in [0.3, 0.4) is 0 Å². The molecule has 188 valence electrons. The van der Waals surface area contributed by atoms with E-state index in [-0.39, 0.29) is 22.9 Å². The highest BCUT2D eigenvalue weighted by Gasteiger charge is 2.45. The highest BCUT2D eigenvalue weighted by Crippen LogP contribution is 2.35. The van der Waals surface area contributed by atoms with E-state index in [0.29, 0.717) is 60.4 Å². The summed E-state index contributed by atoms with van der Waals surface area (Å²) in [7, 11) is 0. The van der Waals surface area contributed by atoms with Crippen LogP contribution in [0.5, 0.6) is 0 Å². The summed E-state index contributed by atoms with van der Waals surface area (Å²) in [5, 5.41) is 2.78. The zero-order valence-electron chi connectivity index (χ0n) is 19.3. The number of alkyl halides is 3. The van der Waals surface area contributed by atoms with Gasteiger partial charge in [0.05, 0.1) is 11.3 Å². The number of amides is 2. The van der Waals surface area contributed by atoms with Gasteiger partial charge in [0, 0.05) is 53.4 Å².